The fourth-order valence-electron chi connectivity index (χ4n) is 1.88. The summed E-state index contributed by atoms with van der Waals surface area (Å²) in [7, 11) is 0. The summed E-state index contributed by atoms with van der Waals surface area (Å²) in [6, 6.07) is 10.1. The van der Waals surface area contributed by atoms with Crippen LogP contribution in [0, 0.1) is 12.7 Å². The van der Waals surface area contributed by atoms with Crippen molar-refractivity contribution in [2.45, 2.75) is 13.3 Å². The van der Waals surface area contributed by atoms with Crippen LogP contribution in [-0.2, 0) is 6.42 Å². The van der Waals surface area contributed by atoms with Crippen LogP contribution in [0.25, 0.3) is 0 Å². The van der Waals surface area contributed by atoms with Crippen molar-refractivity contribution in [2.75, 3.05) is 11.5 Å². The molecular formula is C14H15FN2. The molecule has 0 bridgehead atoms. The molecule has 0 aliphatic heterocycles. The van der Waals surface area contributed by atoms with Crippen molar-refractivity contribution < 1.29 is 4.39 Å². The third-order valence-electron chi connectivity index (χ3n) is 2.95. The lowest BCUT2D eigenvalue weighted by Crippen LogP contribution is -2.02. The number of nitrogens with two attached hydrogens (primary N) is 2. The van der Waals surface area contributed by atoms with Gasteiger partial charge in [0.05, 0.1) is 0 Å². The van der Waals surface area contributed by atoms with E-state index >= 15 is 0 Å². The van der Waals surface area contributed by atoms with Gasteiger partial charge in [0.1, 0.15) is 5.82 Å². The Labute approximate surface area is 100 Å². The molecule has 0 saturated carbocycles. The summed E-state index contributed by atoms with van der Waals surface area (Å²) in [4.78, 5) is 0. The predicted octanol–water partition coefficient (Wildman–Crippen LogP) is 2.89. The normalized spacial score (nSPS) is 10.5. The molecule has 0 spiro atoms. The Morgan fingerprint density at radius 1 is 1.06 bits per heavy atom. The minimum absolute atomic E-state index is 0.234. The van der Waals surface area contributed by atoms with Crippen LogP contribution >= 0.6 is 0 Å². The van der Waals surface area contributed by atoms with Crippen molar-refractivity contribution in [1.29, 1.82) is 0 Å². The second-order valence-corrected chi connectivity index (χ2v) is 4.15. The van der Waals surface area contributed by atoms with Crippen molar-refractivity contribution >= 4 is 11.4 Å². The Kier molecular flexibility index (Phi) is 3.00. The van der Waals surface area contributed by atoms with Gasteiger partial charge in [-0.1, -0.05) is 12.1 Å². The molecule has 4 N–H and O–H groups in total. The smallest absolute Gasteiger partial charge is 0.123 e. The third-order valence-corrected chi connectivity index (χ3v) is 2.95. The van der Waals surface area contributed by atoms with Gasteiger partial charge in [0.2, 0.25) is 0 Å². The van der Waals surface area contributed by atoms with Crippen LogP contribution in [0.15, 0.2) is 36.4 Å². The Morgan fingerprint density at radius 2 is 1.76 bits per heavy atom. The Morgan fingerprint density at radius 3 is 2.47 bits per heavy atom. The summed E-state index contributed by atoms with van der Waals surface area (Å²) in [6.45, 7) is 1.93. The molecule has 0 radical (unpaired) electrons. The van der Waals surface area contributed by atoms with Crippen LogP contribution in [0.3, 0.4) is 0 Å². The van der Waals surface area contributed by atoms with Crippen molar-refractivity contribution in [3.8, 4) is 0 Å². The molecule has 88 valence electrons. The van der Waals surface area contributed by atoms with E-state index in [1.165, 1.54) is 12.1 Å². The van der Waals surface area contributed by atoms with Crippen LogP contribution in [0.2, 0.25) is 0 Å². The molecule has 2 aromatic rings. The van der Waals surface area contributed by atoms with Crippen LogP contribution in [-0.4, -0.2) is 0 Å². The molecule has 0 atom stereocenters. The topological polar surface area (TPSA) is 52.0 Å². The van der Waals surface area contributed by atoms with Crippen molar-refractivity contribution in [3.05, 3.63) is 58.9 Å². The van der Waals surface area contributed by atoms with E-state index in [-0.39, 0.29) is 5.82 Å². The van der Waals surface area contributed by atoms with Gasteiger partial charge in [0.15, 0.2) is 0 Å². The zero-order valence-corrected chi connectivity index (χ0v) is 9.70. The van der Waals surface area contributed by atoms with Gasteiger partial charge in [0, 0.05) is 11.4 Å². The van der Waals surface area contributed by atoms with E-state index in [1.54, 1.807) is 18.2 Å². The lowest BCUT2D eigenvalue weighted by molar-refractivity contribution is 0.626. The van der Waals surface area contributed by atoms with E-state index in [9.17, 15) is 4.39 Å². The number of benzene rings is 2. The van der Waals surface area contributed by atoms with Gasteiger partial charge < -0.3 is 11.5 Å². The first kappa shape index (κ1) is 11.5. The Hall–Kier alpha value is -2.03. The van der Waals surface area contributed by atoms with E-state index in [0.717, 1.165) is 16.7 Å². The van der Waals surface area contributed by atoms with Crippen molar-refractivity contribution in [2.24, 2.45) is 0 Å². The summed E-state index contributed by atoms with van der Waals surface area (Å²) >= 11 is 0. The van der Waals surface area contributed by atoms with Crippen LogP contribution in [0.1, 0.15) is 16.7 Å². The number of halogens is 1. The highest BCUT2D eigenvalue weighted by molar-refractivity contribution is 5.62. The molecule has 0 saturated heterocycles. The van der Waals surface area contributed by atoms with Gasteiger partial charge in [-0.05, 0) is 54.3 Å². The van der Waals surface area contributed by atoms with E-state index < -0.39 is 0 Å². The average Bonchev–Trinajstić information content (AvgIpc) is 2.30. The highest BCUT2D eigenvalue weighted by Crippen LogP contribution is 2.25. The molecular weight excluding hydrogens is 215 g/mol. The standard InChI is InChI=1S/C14H15FN2/c1-9-12(14(17)6-5-13(9)16)8-10-3-2-4-11(15)7-10/h2-7H,8,16-17H2,1H3. The summed E-state index contributed by atoms with van der Waals surface area (Å²) in [5.74, 6) is -0.234. The lowest BCUT2D eigenvalue weighted by atomic mass is 9.97. The average molecular weight is 230 g/mol. The van der Waals surface area contributed by atoms with Gasteiger partial charge in [-0.15, -0.1) is 0 Å². The maximum Gasteiger partial charge on any atom is 0.123 e. The summed E-state index contributed by atoms with van der Waals surface area (Å²) in [5.41, 5.74) is 16.0. The number of anilines is 2. The van der Waals surface area contributed by atoms with E-state index in [1.807, 2.05) is 13.0 Å². The summed E-state index contributed by atoms with van der Waals surface area (Å²) < 4.78 is 13.1. The van der Waals surface area contributed by atoms with Gasteiger partial charge in [-0.2, -0.15) is 0 Å². The summed E-state index contributed by atoms with van der Waals surface area (Å²) in [5, 5.41) is 0. The molecule has 2 rings (SSSR count). The first-order valence-corrected chi connectivity index (χ1v) is 5.46. The largest absolute Gasteiger partial charge is 0.399 e. The molecule has 0 amide bonds. The maximum atomic E-state index is 13.1. The molecule has 0 heterocycles. The minimum Gasteiger partial charge on any atom is -0.399 e. The minimum atomic E-state index is -0.234. The molecule has 2 aromatic carbocycles. The number of nitrogen functional groups attached to an aromatic ring is 2. The highest BCUT2D eigenvalue weighted by Gasteiger charge is 2.07. The quantitative estimate of drug-likeness (QED) is 0.779. The summed E-state index contributed by atoms with van der Waals surface area (Å²) in [6.07, 6.45) is 0.598. The fraction of sp³-hybridized carbons (Fsp3) is 0.143. The van der Waals surface area contributed by atoms with Crippen LogP contribution in [0.5, 0.6) is 0 Å². The second kappa shape index (κ2) is 4.45. The first-order valence-electron chi connectivity index (χ1n) is 5.46. The number of hydrogen-bond acceptors (Lipinski definition) is 2. The van der Waals surface area contributed by atoms with Crippen molar-refractivity contribution in [1.82, 2.24) is 0 Å². The van der Waals surface area contributed by atoms with Gasteiger partial charge in [-0.25, -0.2) is 4.39 Å². The monoisotopic (exact) mass is 230 g/mol. The highest BCUT2D eigenvalue weighted by atomic mass is 19.1. The lowest BCUT2D eigenvalue weighted by Gasteiger charge is -2.11. The second-order valence-electron chi connectivity index (χ2n) is 4.15. The molecule has 2 nitrogen and oxygen atoms in total. The fourth-order valence-corrected chi connectivity index (χ4v) is 1.88. The van der Waals surface area contributed by atoms with Gasteiger partial charge in [0.25, 0.3) is 0 Å². The number of rotatable bonds is 2. The molecule has 0 aliphatic carbocycles. The molecule has 0 aromatic heterocycles. The Balaban J connectivity index is 2.39. The predicted molar refractivity (Wildman–Crippen MR) is 69.2 cm³/mol. The maximum absolute atomic E-state index is 13.1. The Bertz CT molecular complexity index is 550. The molecule has 0 unspecified atom stereocenters. The SMILES string of the molecule is Cc1c(N)ccc(N)c1Cc1cccc(F)c1. The van der Waals surface area contributed by atoms with E-state index in [2.05, 4.69) is 0 Å². The molecule has 3 heteroatoms. The molecule has 0 fully saturated rings. The molecule has 0 aliphatic rings. The van der Waals surface area contributed by atoms with Gasteiger partial charge in [-0.3, -0.25) is 0 Å². The molecule has 17 heavy (non-hydrogen) atoms. The first-order chi connectivity index (χ1) is 8.08. The van der Waals surface area contributed by atoms with Crippen LogP contribution in [0.4, 0.5) is 15.8 Å². The third kappa shape index (κ3) is 2.38. The zero-order chi connectivity index (χ0) is 12.4. The van der Waals surface area contributed by atoms with Crippen LogP contribution < -0.4 is 11.5 Å². The van der Waals surface area contributed by atoms with E-state index in [0.29, 0.717) is 17.8 Å². The van der Waals surface area contributed by atoms with Crippen molar-refractivity contribution in [3.63, 3.8) is 0 Å². The van der Waals surface area contributed by atoms with E-state index in [4.69, 9.17) is 11.5 Å². The zero-order valence-electron chi connectivity index (χ0n) is 9.70. The van der Waals surface area contributed by atoms with Gasteiger partial charge >= 0.3 is 0 Å². The number of hydrogen-bond donors (Lipinski definition) is 2.